The predicted molar refractivity (Wildman–Crippen MR) is 38.7 cm³/mol. The highest BCUT2D eigenvalue weighted by molar-refractivity contribution is 4.96. The van der Waals surface area contributed by atoms with Gasteiger partial charge in [0, 0.05) is 12.1 Å². The molecule has 3 N–H and O–H groups in total. The molecule has 0 aliphatic carbocycles. The van der Waals surface area contributed by atoms with Crippen LogP contribution in [0.5, 0.6) is 0 Å². The van der Waals surface area contributed by atoms with Crippen LogP contribution >= 0.6 is 0 Å². The summed E-state index contributed by atoms with van der Waals surface area (Å²) in [5.41, 5.74) is -0.645. The van der Waals surface area contributed by atoms with Crippen molar-refractivity contribution < 1.29 is 10.2 Å². The number of aliphatic hydroxyl groups is 2. The Morgan fingerprint density at radius 3 is 2.50 bits per heavy atom. The van der Waals surface area contributed by atoms with E-state index >= 15 is 0 Å². The van der Waals surface area contributed by atoms with Gasteiger partial charge < -0.3 is 15.5 Å². The molecule has 10 heavy (non-hydrogen) atoms. The van der Waals surface area contributed by atoms with Crippen LogP contribution in [0.25, 0.3) is 0 Å². The molecule has 0 radical (unpaired) electrons. The molecule has 0 aromatic rings. The van der Waals surface area contributed by atoms with E-state index in [4.69, 9.17) is 5.11 Å². The standard InChI is InChI=1S/C7H15NO2/c1-5-7(2,10)3-6(4-9)8-5/h5-6,8-10H,3-4H2,1-2H3/t5-,6-,7+/m0/s1. The minimum Gasteiger partial charge on any atom is -0.395 e. The van der Waals surface area contributed by atoms with Crippen molar-refractivity contribution in [1.29, 1.82) is 0 Å². The first-order valence-corrected chi connectivity index (χ1v) is 3.65. The van der Waals surface area contributed by atoms with Crippen LogP contribution in [-0.2, 0) is 0 Å². The fourth-order valence-electron chi connectivity index (χ4n) is 1.38. The van der Waals surface area contributed by atoms with E-state index in [-0.39, 0.29) is 18.7 Å². The fourth-order valence-corrected chi connectivity index (χ4v) is 1.38. The second-order valence-electron chi connectivity index (χ2n) is 3.33. The molecule has 0 saturated carbocycles. The maximum atomic E-state index is 9.59. The highest BCUT2D eigenvalue weighted by atomic mass is 16.3. The van der Waals surface area contributed by atoms with Crippen LogP contribution in [0.2, 0.25) is 0 Å². The summed E-state index contributed by atoms with van der Waals surface area (Å²) in [6, 6.07) is 0.162. The van der Waals surface area contributed by atoms with Crippen LogP contribution in [0.1, 0.15) is 20.3 Å². The fraction of sp³-hybridized carbons (Fsp3) is 1.00. The Kier molecular flexibility index (Phi) is 1.99. The Labute approximate surface area is 61.1 Å². The summed E-state index contributed by atoms with van der Waals surface area (Å²) in [5, 5.41) is 21.4. The van der Waals surface area contributed by atoms with Gasteiger partial charge >= 0.3 is 0 Å². The van der Waals surface area contributed by atoms with Gasteiger partial charge in [0.15, 0.2) is 0 Å². The van der Waals surface area contributed by atoms with Crippen molar-refractivity contribution in [3.63, 3.8) is 0 Å². The molecule has 0 bridgehead atoms. The van der Waals surface area contributed by atoms with Crippen molar-refractivity contribution in [2.45, 2.75) is 38.0 Å². The quantitative estimate of drug-likeness (QED) is 0.465. The molecule has 1 heterocycles. The molecule has 3 nitrogen and oxygen atoms in total. The van der Waals surface area contributed by atoms with Crippen molar-refractivity contribution >= 4 is 0 Å². The summed E-state index contributed by atoms with van der Waals surface area (Å²) in [5.74, 6) is 0. The van der Waals surface area contributed by atoms with E-state index in [1.165, 1.54) is 0 Å². The summed E-state index contributed by atoms with van der Waals surface area (Å²) >= 11 is 0. The van der Waals surface area contributed by atoms with E-state index in [0.29, 0.717) is 6.42 Å². The largest absolute Gasteiger partial charge is 0.395 e. The Morgan fingerprint density at radius 2 is 2.30 bits per heavy atom. The van der Waals surface area contributed by atoms with Gasteiger partial charge in [0.25, 0.3) is 0 Å². The lowest BCUT2D eigenvalue weighted by atomic mass is 9.97. The van der Waals surface area contributed by atoms with Crippen LogP contribution in [-0.4, -0.2) is 34.5 Å². The van der Waals surface area contributed by atoms with Gasteiger partial charge in [0.1, 0.15) is 0 Å². The summed E-state index contributed by atoms with van der Waals surface area (Å²) in [7, 11) is 0. The van der Waals surface area contributed by atoms with Gasteiger partial charge in [-0.25, -0.2) is 0 Å². The molecule has 1 aliphatic heterocycles. The summed E-state index contributed by atoms with van der Waals surface area (Å²) < 4.78 is 0. The number of hydrogen-bond acceptors (Lipinski definition) is 3. The monoisotopic (exact) mass is 145 g/mol. The molecule has 1 saturated heterocycles. The van der Waals surface area contributed by atoms with Crippen LogP contribution in [0.4, 0.5) is 0 Å². The van der Waals surface area contributed by atoms with E-state index in [9.17, 15) is 5.11 Å². The molecule has 0 spiro atoms. The Morgan fingerprint density at radius 1 is 1.70 bits per heavy atom. The van der Waals surface area contributed by atoms with Gasteiger partial charge in [0.2, 0.25) is 0 Å². The lowest BCUT2D eigenvalue weighted by Gasteiger charge is -2.20. The zero-order valence-corrected chi connectivity index (χ0v) is 6.46. The van der Waals surface area contributed by atoms with Crippen molar-refractivity contribution in [2.75, 3.05) is 6.61 Å². The lowest BCUT2D eigenvalue weighted by molar-refractivity contribution is 0.0500. The molecule has 3 atom stereocenters. The van der Waals surface area contributed by atoms with Gasteiger partial charge in [-0.2, -0.15) is 0 Å². The molecule has 60 valence electrons. The first-order chi connectivity index (χ1) is 4.56. The molecule has 1 aliphatic rings. The number of hydrogen-bond donors (Lipinski definition) is 3. The second-order valence-corrected chi connectivity index (χ2v) is 3.33. The Bertz CT molecular complexity index is 125. The van der Waals surface area contributed by atoms with Crippen molar-refractivity contribution in [2.24, 2.45) is 0 Å². The molecule has 3 heteroatoms. The normalized spacial score (nSPS) is 48.0. The first-order valence-electron chi connectivity index (χ1n) is 3.65. The SMILES string of the molecule is C[C@@H]1N[C@H](CO)C[C@@]1(C)O. The van der Waals surface area contributed by atoms with Crippen molar-refractivity contribution in [3.8, 4) is 0 Å². The molecule has 0 aromatic carbocycles. The summed E-state index contributed by atoms with van der Waals surface area (Å²) in [6.07, 6.45) is 0.644. The summed E-state index contributed by atoms with van der Waals surface area (Å²) in [6.45, 7) is 3.83. The smallest absolute Gasteiger partial charge is 0.0785 e. The average molecular weight is 145 g/mol. The van der Waals surface area contributed by atoms with E-state index in [1.807, 2.05) is 6.92 Å². The molecule has 0 unspecified atom stereocenters. The molecule has 1 rings (SSSR count). The molecule has 0 aromatic heterocycles. The number of rotatable bonds is 1. The van der Waals surface area contributed by atoms with Gasteiger partial charge in [-0.3, -0.25) is 0 Å². The zero-order valence-electron chi connectivity index (χ0n) is 6.46. The Balaban J connectivity index is 2.53. The van der Waals surface area contributed by atoms with Crippen LogP contribution < -0.4 is 5.32 Å². The number of aliphatic hydroxyl groups excluding tert-OH is 1. The zero-order chi connectivity index (χ0) is 7.78. The maximum absolute atomic E-state index is 9.59. The van der Waals surface area contributed by atoms with Crippen LogP contribution in [0.15, 0.2) is 0 Å². The predicted octanol–water partition coefficient (Wildman–Crippen LogP) is -0.520. The minimum atomic E-state index is -0.645. The van der Waals surface area contributed by atoms with Gasteiger partial charge in [-0.15, -0.1) is 0 Å². The third kappa shape index (κ3) is 1.31. The second kappa shape index (κ2) is 2.49. The number of nitrogens with one attached hydrogen (secondary N) is 1. The molecular formula is C7H15NO2. The Hall–Kier alpha value is -0.120. The molecule has 0 amide bonds. The van der Waals surface area contributed by atoms with E-state index < -0.39 is 5.60 Å². The topological polar surface area (TPSA) is 52.5 Å². The third-order valence-electron chi connectivity index (χ3n) is 2.30. The molecule has 1 fully saturated rings. The highest BCUT2D eigenvalue weighted by Gasteiger charge is 2.38. The molecular weight excluding hydrogens is 130 g/mol. The van der Waals surface area contributed by atoms with E-state index in [2.05, 4.69) is 5.32 Å². The van der Waals surface area contributed by atoms with Gasteiger partial charge in [-0.05, 0) is 20.3 Å². The minimum absolute atomic E-state index is 0.0741. The van der Waals surface area contributed by atoms with Crippen LogP contribution in [0, 0.1) is 0 Å². The summed E-state index contributed by atoms with van der Waals surface area (Å²) in [4.78, 5) is 0. The van der Waals surface area contributed by atoms with Crippen molar-refractivity contribution in [1.82, 2.24) is 5.32 Å². The highest BCUT2D eigenvalue weighted by Crippen LogP contribution is 2.23. The van der Waals surface area contributed by atoms with E-state index in [0.717, 1.165) is 0 Å². The first kappa shape index (κ1) is 7.98. The average Bonchev–Trinajstić information content (AvgIpc) is 2.08. The van der Waals surface area contributed by atoms with E-state index in [1.54, 1.807) is 6.92 Å². The van der Waals surface area contributed by atoms with Gasteiger partial charge in [-0.1, -0.05) is 0 Å². The lowest BCUT2D eigenvalue weighted by Crippen LogP contribution is -2.38. The van der Waals surface area contributed by atoms with Crippen molar-refractivity contribution in [3.05, 3.63) is 0 Å². The van der Waals surface area contributed by atoms with Gasteiger partial charge in [0.05, 0.1) is 12.2 Å². The van der Waals surface area contributed by atoms with Crippen LogP contribution in [0.3, 0.4) is 0 Å². The third-order valence-corrected chi connectivity index (χ3v) is 2.30. The maximum Gasteiger partial charge on any atom is 0.0785 e.